The van der Waals surface area contributed by atoms with Crippen molar-refractivity contribution in [1.82, 2.24) is 4.90 Å². The van der Waals surface area contributed by atoms with Crippen molar-refractivity contribution in [2.75, 3.05) is 0 Å². The van der Waals surface area contributed by atoms with Gasteiger partial charge in [-0.2, -0.15) is 0 Å². The quantitative estimate of drug-likeness (QED) is 0.772. The maximum atomic E-state index is 13.6. The summed E-state index contributed by atoms with van der Waals surface area (Å²) >= 11 is 1.72. The zero-order valence-electron chi connectivity index (χ0n) is 14.4. The Morgan fingerprint density at radius 2 is 2.08 bits per heavy atom. The molecule has 4 fully saturated rings. The Bertz CT molecular complexity index is 664. The van der Waals surface area contributed by atoms with E-state index in [9.17, 15) is 9.59 Å². The number of carbonyl (C=O) groups excluding carboxylic acids is 2. The molecule has 25 heavy (non-hydrogen) atoms. The van der Waals surface area contributed by atoms with Crippen LogP contribution < -0.4 is 0 Å². The van der Waals surface area contributed by atoms with Gasteiger partial charge in [-0.05, 0) is 43.0 Å². The van der Waals surface area contributed by atoms with E-state index in [0.29, 0.717) is 24.4 Å². The minimum atomic E-state index is -0.161. The third kappa shape index (κ3) is 2.54. The van der Waals surface area contributed by atoms with Gasteiger partial charge < -0.3 is 9.64 Å². The van der Waals surface area contributed by atoms with Crippen LogP contribution in [-0.2, 0) is 20.9 Å². The van der Waals surface area contributed by atoms with Crippen LogP contribution in [0.5, 0.6) is 0 Å². The number of thiophene rings is 1. The van der Waals surface area contributed by atoms with E-state index < -0.39 is 0 Å². The number of amides is 1. The van der Waals surface area contributed by atoms with Crippen LogP contribution in [0.1, 0.15) is 49.8 Å². The fraction of sp³-hybridized carbons (Fsp3) is 0.700. The summed E-state index contributed by atoms with van der Waals surface area (Å²) in [6.07, 6.45) is 7.93. The van der Waals surface area contributed by atoms with Gasteiger partial charge in [-0.3, -0.25) is 9.59 Å². The molecule has 1 saturated heterocycles. The summed E-state index contributed by atoms with van der Waals surface area (Å²) < 4.78 is 5.54. The summed E-state index contributed by atoms with van der Waals surface area (Å²) in [5.74, 6) is 0.502. The molecule has 4 aliphatic rings. The second-order valence-electron chi connectivity index (χ2n) is 8.26. The van der Waals surface area contributed by atoms with E-state index in [1.807, 2.05) is 0 Å². The summed E-state index contributed by atoms with van der Waals surface area (Å²) in [5, 5.41) is 2.08. The first-order chi connectivity index (χ1) is 12.2. The molecule has 2 heterocycles. The smallest absolute Gasteiger partial charge is 0.310 e. The predicted octanol–water partition coefficient (Wildman–Crippen LogP) is 3.61. The lowest BCUT2D eigenvalue weighted by Crippen LogP contribution is -2.47. The van der Waals surface area contributed by atoms with Gasteiger partial charge in [0.05, 0.1) is 18.4 Å². The van der Waals surface area contributed by atoms with E-state index in [1.54, 1.807) is 11.3 Å². The van der Waals surface area contributed by atoms with Crippen LogP contribution >= 0.6 is 11.3 Å². The molecule has 4 nitrogen and oxygen atoms in total. The first-order valence-corrected chi connectivity index (χ1v) is 10.6. The molecule has 1 aromatic heterocycles. The van der Waals surface area contributed by atoms with Gasteiger partial charge in [-0.1, -0.05) is 25.3 Å². The van der Waals surface area contributed by atoms with E-state index in [1.165, 1.54) is 24.1 Å². The molecule has 0 radical (unpaired) electrons. The van der Waals surface area contributed by atoms with Crippen LogP contribution in [0.2, 0.25) is 0 Å². The average molecular weight is 359 g/mol. The van der Waals surface area contributed by atoms with Crippen LogP contribution in [0.4, 0.5) is 0 Å². The molecule has 5 rings (SSSR count). The SMILES string of the molecule is O=C1O[C@@H]2C[C@H]3C[C@@H]2[C@@H]1[C@H]3C(=O)N(Cc1cccs1)C1CCCCC1. The lowest BCUT2D eigenvalue weighted by Gasteiger charge is -2.38. The van der Waals surface area contributed by atoms with Crippen LogP contribution in [0.15, 0.2) is 17.5 Å². The van der Waals surface area contributed by atoms with Crippen molar-refractivity contribution in [2.24, 2.45) is 23.7 Å². The summed E-state index contributed by atoms with van der Waals surface area (Å²) in [4.78, 5) is 29.3. The first-order valence-electron chi connectivity index (χ1n) is 9.76. The highest BCUT2D eigenvalue weighted by Crippen LogP contribution is 2.58. The highest BCUT2D eigenvalue weighted by molar-refractivity contribution is 7.09. The van der Waals surface area contributed by atoms with Crippen LogP contribution in [-0.4, -0.2) is 28.9 Å². The van der Waals surface area contributed by atoms with E-state index in [0.717, 1.165) is 25.7 Å². The fourth-order valence-electron chi connectivity index (χ4n) is 5.88. The predicted molar refractivity (Wildman–Crippen MR) is 94.8 cm³/mol. The largest absolute Gasteiger partial charge is 0.462 e. The number of ether oxygens (including phenoxy) is 1. The molecular weight excluding hydrogens is 334 g/mol. The van der Waals surface area contributed by atoms with Gasteiger partial charge in [-0.15, -0.1) is 11.3 Å². The van der Waals surface area contributed by atoms with Crippen molar-refractivity contribution in [2.45, 2.75) is 63.6 Å². The van der Waals surface area contributed by atoms with Crippen molar-refractivity contribution in [3.8, 4) is 0 Å². The van der Waals surface area contributed by atoms with Crippen molar-refractivity contribution in [3.05, 3.63) is 22.4 Å². The Kier molecular flexibility index (Phi) is 3.88. The van der Waals surface area contributed by atoms with Gasteiger partial charge in [0, 0.05) is 16.8 Å². The molecule has 1 aromatic rings. The highest BCUT2D eigenvalue weighted by atomic mass is 32.1. The van der Waals surface area contributed by atoms with Gasteiger partial charge >= 0.3 is 5.97 Å². The molecule has 0 spiro atoms. The second-order valence-corrected chi connectivity index (χ2v) is 9.29. The molecule has 5 heteroatoms. The maximum absolute atomic E-state index is 13.6. The van der Waals surface area contributed by atoms with Crippen molar-refractivity contribution >= 4 is 23.2 Å². The third-order valence-electron chi connectivity index (χ3n) is 6.97. The second kappa shape index (κ2) is 6.11. The fourth-order valence-corrected chi connectivity index (χ4v) is 6.59. The first kappa shape index (κ1) is 15.9. The normalized spacial score (nSPS) is 36.6. The summed E-state index contributed by atoms with van der Waals surface area (Å²) in [6, 6.07) is 4.52. The van der Waals surface area contributed by atoms with Gasteiger partial charge in [0.25, 0.3) is 0 Å². The number of rotatable bonds is 4. The summed E-state index contributed by atoms with van der Waals surface area (Å²) in [5.41, 5.74) is 0. The zero-order valence-corrected chi connectivity index (χ0v) is 15.2. The lowest BCUT2D eigenvalue weighted by molar-refractivity contribution is -0.149. The average Bonchev–Trinajstić information content (AvgIpc) is 3.37. The molecule has 3 saturated carbocycles. The molecule has 134 valence electrons. The van der Waals surface area contributed by atoms with E-state index in [4.69, 9.17) is 4.74 Å². The van der Waals surface area contributed by atoms with Crippen LogP contribution in [0.3, 0.4) is 0 Å². The van der Waals surface area contributed by atoms with E-state index in [-0.39, 0.29) is 29.8 Å². The summed E-state index contributed by atoms with van der Waals surface area (Å²) in [6.45, 7) is 0.709. The minimum Gasteiger partial charge on any atom is -0.462 e. The van der Waals surface area contributed by atoms with E-state index in [2.05, 4.69) is 22.4 Å². The van der Waals surface area contributed by atoms with Gasteiger partial charge in [0.15, 0.2) is 0 Å². The number of carbonyl (C=O) groups is 2. The Morgan fingerprint density at radius 1 is 1.24 bits per heavy atom. The number of hydrogen-bond acceptors (Lipinski definition) is 4. The van der Waals surface area contributed by atoms with Gasteiger partial charge in [0.1, 0.15) is 6.10 Å². The van der Waals surface area contributed by atoms with Crippen molar-refractivity contribution < 1.29 is 14.3 Å². The highest BCUT2D eigenvalue weighted by Gasteiger charge is 2.64. The van der Waals surface area contributed by atoms with Gasteiger partial charge in [-0.25, -0.2) is 0 Å². The molecule has 1 amide bonds. The number of nitrogens with zero attached hydrogens (tertiary/aromatic N) is 1. The molecule has 0 unspecified atom stereocenters. The summed E-state index contributed by atoms with van der Waals surface area (Å²) in [7, 11) is 0. The minimum absolute atomic E-state index is 0.104. The number of fused-ring (bicyclic) bond motifs is 1. The standard InChI is InChI=1S/C20H25NO3S/c22-19(17-12-9-15-16(10-12)24-20(23)18(15)17)21(11-14-7-4-8-25-14)13-5-2-1-3-6-13/h4,7-8,12-13,15-18H,1-3,5-6,9-11H2/t12-,15+,16-,17+,18-/m1/s1. The Hall–Kier alpha value is -1.36. The Balaban J connectivity index is 1.42. The molecular formula is C20H25NO3S. The molecule has 3 aliphatic carbocycles. The van der Waals surface area contributed by atoms with Crippen molar-refractivity contribution in [3.63, 3.8) is 0 Å². The number of esters is 1. The van der Waals surface area contributed by atoms with Crippen LogP contribution in [0, 0.1) is 23.7 Å². The molecule has 0 aromatic carbocycles. The Morgan fingerprint density at radius 3 is 2.84 bits per heavy atom. The molecule has 2 bridgehead atoms. The van der Waals surface area contributed by atoms with E-state index >= 15 is 0 Å². The topological polar surface area (TPSA) is 46.6 Å². The monoisotopic (exact) mass is 359 g/mol. The van der Waals surface area contributed by atoms with Gasteiger partial charge in [0.2, 0.25) is 5.91 Å². The van der Waals surface area contributed by atoms with Crippen LogP contribution in [0.25, 0.3) is 0 Å². The molecule has 0 N–H and O–H groups in total. The molecule has 1 aliphatic heterocycles. The molecule has 5 atom stereocenters. The maximum Gasteiger partial charge on any atom is 0.310 e. The Labute approximate surface area is 152 Å². The lowest BCUT2D eigenvalue weighted by atomic mass is 9.78. The van der Waals surface area contributed by atoms with Crippen molar-refractivity contribution in [1.29, 1.82) is 0 Å². The zero-order chi connectivity index (χ0) is 17.0. The number of hydrogen-bond donors (Lipinski definition) is 0. The third-order valence-corrected chi connectivity index (χ3v) is 7.83.